The second-order valence-corrected chi connectivity index (χ2v) is 6.16. The molecule has 6 nitrogen and oxygen atoms in total. The van der Waals surface area contributed by atoms with Gasteiger partial charge in [0, 0.05) is 11.9 Å². The molecule has 0 aliphatic heterocycles. The highest BCUT2D eigenvalue weighted by atomic mass is 32.2. The average Bonchev–Trinajstić information content (AvgIpc) is 2.77. The first-order valence-corrected chi connectivity index (χ1v) is 6.94. The molecule has 0 saturated heterocycles. The van der Waals surface area contributed by atoms with Gasteiger partial charge in [0.15, 0.2) is 0 Å². The minimum Gasteiger partial charge on any atom is -0.333 e. The third-order valence-corrected chi connectivity index (χ3v) is 4.51. The van der Waals surface area contributed by atoms with Crippen LogP contribution >= 0.6 is 11.5 Å². The maximum atomic E-state index is 11.9. The van der Waals surface area contributed by atoms with E-state index in [2.05, 4.69) is 19.6 Å². The van der Waals surface area contributed by atoms with Gasteiger partial charge >= 0.3 is 0 Å². The Balaban J connectivity index is 2.31. The molecule has 8 heteroatoms. The molecule has 2 aromatic rings. The van der Waals surface area contributed by atoms with Gasteiger partial charge in [-0.3, -0.25) is 0 Å². The zero-order valence-corrected chi connectivity index (χ0v) is 10.4. The zero-order chi connectivity index (χ0) is 11.8. The summed E-state index contributed by atoms with van der Waals surface area (Å²) in [5, 5.41) is 3.77. The molecule has 0 atom stereocenters. The monoisotopic (exact) mass is 258 g/mol. The van der Waals surface area contributed by atoms with E-state index in [0.29, 0.717) is 10.6 Å². The normalized spacial score (nSPS) is 11.9. The summed E-state index contributed by atoms with van der Waals surface area (Å²) in [6, 6.07) is 0. The van der Waals surface area contributed by atoms with Crippen molar-refractivity contribution in [3.05, 3.63) is 22.5 Å². The smallest absolute Gasteiger partial charge is 0.225 e. The molecule has 0 saturated carbocycles. The first-order valence-electron chi connectivity index (χ1n) is 4.51. The molecule has 0 spiro atoms. The van der Waals surface area contributed by atoms with Gasteiger partial charge in [-0.15, -0.1) is 5.10 Å². The first-order chi connectivity index (χ1) is 7.49. The van der Waals surface area contributed by atoms with Crippen LogP contribution in [0.15, 0.2) is 11.4 Å². The van der Waals surface area contributed by atoms with E-state index in [-0.39, 0.29) is 10.9 Å². The fraction of sp³-hybridized carbons (Fsp3) is 0.375. The SMILES string of the molecule is Cc1cnc(S(=O)(=O)Cc2snnc2C)[nH]1. The summed E-state index contributed by atoms with van der Waals surface area (Å²) in [6.07, 6.45) is 1.49. The van der Waals surface area contributed by atoms with Crippen molar-refractivity contribution < 1.29 is 8.42 Å². The van der Waals surface area contributed by atoms with Gasteiger partial charge in [0.05, 0.1) is 16.3 Å². The van der Waals surface area contributed by atoms with Crippen LogP contribution in [-0.2, 0) is 15.6 Å². The Morgan fingerprint density at radius 2 is 2.19 bits per heavy atom. The summed E-state index contributed by atoms with van der Waals surface area (Å²) in [6.45, 7) is 3.49. The Labute approximate surface area is 96.8 Å². The van der Waals surface area contributed by atoms with Crippen molar-refractivity contribution in [3.63, 3.8) is 0 Å². The van der Waals surface area contributed by atoms with E-state index in [1.54, 1.807) is 13.8 Å². The van der Waals surface area contributed by atoms with E-state index in [4.69, 9.17) is 0 Å². The van der Waals surface area contributed by atoms with Crippen LogP contribution in [0.4, 0.5) is 0 Å². The molecule has 0 bridgehead atoms. The highest BCUT2D eigenvalue weighted by Crippen LogP contribution is 2.17. The van der Waals surface area contributed by atoms with Gasteiger partial charge < -0.3 is 4.98 Å². The van der Waals surface area contributed by atoms with E-state index < -0.39 is 9.84 Å². The number of hydrogen-bond acceptors (Lipinski definition) is 6. The van der Waals surface area contributed by atoms with Crippen molar-refractivity contribution in [1.29, 1.82) is 0 Å². The average molecular weight is 258 g/mol. The lowest BCUT2D eigenvalue weighted by atomic mass is 10.4. The van der Waals surface area contributed by atoms with Crippen LogP contribution in [0.2, 0.25) is 0 Å². The summed E-state index contributed by atoms with van der Waals surface area (Å²) in [5.74, 6) is -0.108. The van der Waals surface area contributed by atoms with Gasteiger partial charge in [-0.05, 0) is 25.4 Å². The largest absolute Gasteiger partial charge is 0.333 e. The number of nitrogens with zero attached hydrogens (tertiary/aromatic N) is 3. The summed E-state index contributed by atoms with van der Waals surface area (Å²) in [7, 11) is -3.42. The predicted molar refractivity (Wildman–Crippen MR) is 58.9 cm³/mol. The van der Waals surface area contributed by atoms with Gasteiger partial charge in [0.2, 0.25) is 15.0 Å². The molecule has 0 amide bonds. The molecule has 0 radical (unpaired) electrons. The maximum Gasteiger partial charge on any atom is 0.225 e. The van der Waals surface area contributed by atoms with Gasteiger partial charge in [-0.1, -0.05) is 4.49 Å². The number of hydrogen-bond donors (Lipinski definition) is 1. The number of aromatic nitrogens is 4. The van der Waals surface area contributed by atoms with Crippen LogP contribution in [0.25, 0.3) is 0 Å². The van der Waals surface area contributed by atoms with Crippen LogP contribution in [-0.4, -0.2) is 28.0 Å². The Morgan fingerprint density at radius 1 is 1.44 bits per heavy atom. The molecule has 2 rings (SSSR count). The second kappa shape index (κ2) is 3.95. The minimum atomic E-state index is -3.42. The first kappa shape index (κ1) is 11.2. The molecule has 86 valence electrons. The third-order valence-electron chi connectivity index (χ3n) is 2.04. The van der Waals surface area contributed by atoms with Crippen molar-refractivity contribution in [2.24, 2.45) is 0 Å². The van der Waals surface area contributed by atoms with E-state index >= 15 is 0 Å². The fourth-order valence-electron chi connectivity index (χ4n) is 1.17. The summed E-state index contributed by atoms with van der Waals surface area (Å²) >= 11 is 1.10. The van der Waals surface area contributed by atoms with Crippen LogP contribution < -0.4 is 0 Å². The molecule has 0 aliphatic rings. The van der Waals surface area contributed by atoms with Crippen molar-refractivity contribution >= 4 is 21.4 Å². The van der Waals surface area contributed by atoms with Gasteiger partial charge in [0.25, 0.3) is 0 Å². The standard InChI is InChI=1S/C8H10N4O2S2/c1-5-3-9-8(10-5)16(13,14)4-7-6(2)11-12-15-7/h3H,4H2,1-2H3,(H,9,10). The molecule has 0 unspecified atom stereocenters. The quantitative estimate of drug-likeness (QED) is 0.881. The molecule has 1 N–H and O–H groups in total. The molecule has 2 heterocycles. The van der Waals surface area contributed by atoms with Crippen LogP contribution in [0.1, 0.15) is 16.3 Å². The van der Waals surface area contributed by atoms with Crippen molar-refractivity contribution in [2.45, 2.75) is 24.8 Å². The lowest BCUT2D eigenvalue weighted by molar-refractivity contribution is 0.588. The van der Waals surface area contributed by atoms with Crippen molar-refractivity contribution in [1.82, 2.24) is 19.6 Å². The molecule has 0 fully saturated rings. The van der Waals surface area contributed by atoms with Gasteiger partial charge in [-0.2, -0.15) is 0 Å². The number of imidazole rings is 1. The number of aromatic amines is 1. The van der Waals surface area contributed by atoms with Crippen molar-refractivity contribution in [2.75, 3.05) is 0 Å². The third kappa shape index (κ3) is 2.12. The van der Waals surface area contributed by atoms with E-state index in [1.165, 1.54) is 6.20 Å². The Bertz CT molecular complexity index is 599. The molecule has 16 heavy (non-hydrogen) atoms. The highest BCUT2D eigenvalue weighted by molar-refractivity contribution is 7.90. The Morgan fingerprint density at radius 3 is 2.69 bits per heavy atom. The number of aryl methyl sites for hydroxylation is 2. The second-order valence-electron chi connectivity index (χ2n) is 3.41. The van der Waals surface area contributed by atoms with Crippen LogP contribution in [0, 0.1) is 13.8 Å². The predicted octanol–water partition coefficient (Wildman–Crippen LogP) is 0.852. The number of H-pyrrole nitrogens is 1. The van der Waals surface area contributed by atoms with E-state index in [1.807, 2.05) is 0 Å². The number of nitrogens with one attached hydrogen (secondary N) is 1. The minimum absolute atomic E-state index is 0.00204. The fourth-order valence-corrected chi connectivity index (χ4v) is 3.50. The number of sulfone groups is 1. The van der Waals surface area contributed by atoms with Crippen LogP contribution in [0.3, 0.4) is 0 Å². The molecule has 0 aliphatic carbocycles. The summed E-state index contributed by atoms with van der Waals surface area (Å²) < 4.78 is 27.5. The highest BCUT2D eigenvalue weighted by Gasteiger charge is 2.21. The van der Waals surface area contributed by atoms with Gasteiger partial charge in [-0.25, -0.2) is 13.4 Å². The summed E-state index contributed by atoms with van der Waals surface area (Å²) in [4.78, 5) is 7.18. The molecule has 0 aromatic carbocycles. The zero-order valence-electron chi connectivity index (χ0n) is 8.76. The topological polar surface area (TPSA) is 88.6 Å². The summed E-state index contributed by atoms with van der Waals surface area (Å²) in [5.41, 5.74) is 1.37. The molecular formula is C8H10N4O2S2. The molecular weight excluding hydrogens is 248 g/mol. The number of rotatable bonds is 3. The van der Waals surface area contributed by atoms with E-state index in [0.717, 1.165) is 17.2 Å². The van der Waals surface area contributed by atoms with Crippen molar-refractivity contribution in [3.8, 4) is 0 Å². The maximum absolute atomic E-state index is 11.9. The lowest BCUT2D eigenvalue weighted by Crippen LogP contribution is -2.06. The van der Waals surface area contributed by atoms with Crippen LogP contribution in [0.5, 0.6) is 0 Å². The Kier molecular flexibility index (Phi) is 2.76. The van der Waals surface area contributed by atoms with Gasteiger partial charge in [0.1, 0.15) is 0 Å². The Hall–Kier alpha value is -1.28. The van der Waals surface area contributed by atoms with E-state index in [9.17, 15) is 8.42 Å². The molecule has 2 aromatic heterocycles. The lowest BCUT2D eigenvalue weighted by Gasteiger charge is -1.98.